The van der Waals surface area contributed by atoms with Crippen LogP contribution < -0.4 is 11.1 Å². The van der Waals surface area contributed by atoms with Gasteiger partial charge in [0, 0.05) is 24.8 Å². The highest BCUT2D eigenvalue weighted by atomic mass is 16.4. The molecule has 0 saturated carbocycles. The number of carboxylic acid groups (broad SMARTS) is 1. The minimum absolute atomic E-state index is 0.236. The summed E-state index contributed by atoms with van der Waals surface area (Å²) in [6.45, 7) is 0.773. The number of primary amides is 1. The molecule has 1 aromatic heterocycles. The van der Waals surface area contributed by atoms with Crippen LogP contribution in [0.15, 0.2) is 18.3 Å². The van der Waals surface area contributed by atoms with E-state index in [2.05, 4.69) is 10.3 Å². The minimum atomic E-state index is -0.742. The first-order valence-electron chi connectivity index (χ1n) is 6.31. The van der Waals surface area contributed by atoms with Crippen LogP contribution >= 0.6 is 0 Å². The first-order chi connectivity index (χ1) is 9.09. The molecule has 0 aliphatic heterocycles. The third-order valence-electron chi connectivity index (χ3n) is 2.66. The maximum atomic E-state index is 10.9. The van der Waals surface area contributed by atoms with Crippen molar-refractivity contribution in [2.75, 3.05) is 11.9 Å². The van der Waals surface area contributed by atoms with Gasteiger partial charge in [-0.3, -0.25) is 14.6 Å². The molecule has 1 rings (SSSR count). The Hall–Kier alpha value is -2.11. The van der Waals surface area contributed by atoms with Crippen molar-refractivity contribution in [3.05, 3.63) is 24.0 Å². The molecule has 0 aliphatic carbocycles. The van der Waals surface area contributed by atoms with Crippen molar-refractivity contribution >= 4 is 17.6 Å². The van der Waals surface area contributed by atoms with Crippen LogP contribution in [0.25, 0.3) is 0 Å². The second-order valence-electron chi connectivity index (χ2n) is 4.28. The number of carbonyl (C=O) groups excluding carboxylic acids is 1. The molecular weight excluding hydrogens is 246 g/mol. The van der Waals surface area contributed by atoms with Crippen molar-refractivity contribution in [1.82, 2.24) is 4.98 Å². The van der Waals surface area contributed by atoms with Gasteiger partial charge in [0.1, 0.15) is 5.69 Å². The van der Waals surface area contributed by atoms with E-state index in [1.165, 1.54) is 6.20 Å². The van der Waals surface area contributed by atoms with Crippen LogP contribution in [0.2, 0.25) is 0 Å². The Kier molecular flexibility index (Phi) is 6.35. The smallest absolute Gasteiger partial charge is 0.303 e. The van der Waals surface area contributed by atoms with Gasteiger partial charge < -0.3 is 16.2 Å². The first kappa shape index (κ1) is 14.9. The number of hydrogen-bond acceptors (Lipinski definition) is 4. The topological polar surface area (TPSA) is 105 Å². The number of carboxylic acids is 1. The monoisotopic (exact) mass is 265 g/mol. The molecule has 0 bridgehead atoms. The van der Waals surface area contributed by atoms with E-state index in [1.807, 2.05) is 0 Å². The van der Waals surface area contributed by atoms with E-state index < -0.39 is 11.9 Å². The Balaban J connectivity index is 2.17. The Morgan fingerprint density at radius 3 is 2.68 bits per heavy atom. The van der Waals surface area contributed by atoms with E-state index in [9.17, 15) is 9.59 Å². The fraction of sp³-hybridized carbons (Fsp3) is 0.462. The number of hydrogen-bond donors (Lipinski definition) is 3. The van der Waals surface area contributed by atoms with E-state index in [-0.39, 0.29) is 12.1 Å². The number of amides is 1. The molecule has 0 fully saturated rings. The number of aliphatic carboxylic acids is 1. The maximum absolute atomic E-state index is 10.9. The third-order valence-corrected chi connectivity index (χ3v) is 2.66. The molecule has 0 unspecified atom stereocenters. The third kappa shape index (κ3) is 6.40. The molecule has 6 nitrogen and oxygen atoms in total. The van der Waals surface area contributed by atoms with E-state index in [1.54, 1.807) is 12.1 Å². The standard InChI is InChI=1S/C13H19N3O3/c14-13(19)11-9-10(6-8-16-11)15-7-4-2-1-3-5-12(17)18/h6,8-9H,1-5,7H2,(H2,14,19)(H,15,16)(H,17,18). The van der Waals surface area contributed by atoms with Crippen LogP contribution in [0.4, 0.5) is 5.69 Å². The Bertz CT molecular complexity index is 435. The summed E-state index contributed by atoms with van der Waals surface area (Å²) in [5, 5.41) is 11.7. The zero-order valence-corrected chi connectivity index (χ0v) is 10.8. The summed E-state index contributed by atoms with van der Waals surface area (Å²) in [5.41, 5.74) is 6.20. The van der Waals surface area contributed by atoms with Gasteiger partial charge in [0.2, 0.25) is 0 Å². The average molecular weight is 265 g/mol. The number of rotatable bonds is 9. The summed E-state index contributed by atoms with van der Waals surface area (Å²) >= 11 is 0. The van der Waals surface area contributed by atoms with Gasteiger partial charge in [0.25, 0.3) is 5.91 Å². The van der Waals surface area contributed by atoms with Crippen molar-refractivity contribution in [3.63, 3.8) is 0 Å². The van der Waals surface area contributed by atoms with Gasteiger partial charge in [-0.25, -0.2) is 0 Å². The predicted octanol–water partition coefficient (Wildman–Crippen LogP) is 1.63. The van der Waals surface area contributed by atoms with Crippen LogP contribution in [-0.2, 0) is 4.79 Å². The zero-order valence-electron chi connectivity index (χ0n) is 10.8. The molecule has 1 amide bonds. The average Bonchev–Trinajstić information content (AvgIpc) is 2.37. The molecule has 0 aliphatic rings. The SMILES string of the molecule is NC(=O)c1cc(NCCCCCCC(=O)O)ccn1. The Morgan fingerprint density at radius 1 is 1.26 bits per heavy atom. The van der Waals surface area contributed by atoms with Crippen LogP contribution in [0, 0.1) is 0 Å². The normalized spacial score (nSPS) is 10.1. The van der Waals surface area contributed by atoms with Gasteiger partial charge in [-0.1, -0.05) is 12.8 Å². The van der Waals surface area contributed by atoms with Crippen LogP contribution in [-0.4, -0.2) is 28.5 Å². The molecule has 1 heterocycles. The lowest BCUT2D eigenvalue weighted by Gasteiger charge is -2.06. The molecule has 6 heteroatoms. The number of nitrogens with zero attached hydrogens (tertiary/aromatic N) is 1. The molecule has 4 N–H and O–H groups in total. The quantitative estimate of drug-likeness (QED) is 0.588. The number of pyridine rings is 1. The van der Waals surface area contributed by atoms with Gasteiger partial charge >= 0.3 is 5.97 Å². The summed E-state index contributed by atoms with van der Waals surface area (Å²) < 4.78 is 0. The van der Waals surface area contributed by atoms with Gasteiger partial charge in [-0.05, 0) is 25.0 Å². The summed E-state index contributed by atoms with van der Waals surface area (Å²) in [5.74, 6) is -1.29. The molecule has 19 heavy (non-hydrogen) atoms. The minimum Gasteiger partial charge on any atom is -0.481 e. The van der Waals surface area contributed by atoms with Crippen LogP contribution in [0.3, 0.4) is 0 Å². The summed E-state index contributed by atoms with van der Waals surface area (Å²) in [6.07, 6.45) is 5.34. The van der Waals surface area contributed by atoms with Gasteiger partial charge in [0.15, 0.2) is 0 Å². The van der Waals surface area contributed by atoms with Gasteiger partial charge in [-0.15, -0.1) is 0 Å². The summed E-state index contributed by atoms with van der Waals surface area (Å²) in [7, 11) is 0. The fourth-order valence-corrected chi connectivity index (χ4v) is 1.66. The molecule has 0 saturated heterocycles. The summed E-state index contributed by atoms with van der Waals surface area (Å²) in [4.78, 5) is 25.1. The number of nitrogens with two attached hydrogens (primary N) is 1. The van der Waals surface area contributed by atoms with Gasteiger partial charge in [0.05, 0.1) is 0 Å². The molecule has 0 spiro atoms. The predicted molar refractivity (Wildman–Crippen MR) is 72.0 cm³/mol. The van der Waals surface area contributed by atoms with Crippen molar-refractivity contribution in [3.8, 4) is 0 Å². The highest BCUT2D eigenvalue weighted by Gasteiger charge is 2.02. The van der Waals surface area contributed by atoms with Gasteiger partial charge in [-0.2, -0.15) is 0 Å². The maximum Gasteiger partial charge on any atom is 0.303 e. The molecule has 0 aromatic carbocycles. The van der Waals surface area contributed by atoms with E-state index >= 15 is 0 Å². The number of unbranched alkanes of at least 4 members (excludes halogenated alkanes) is 3. The lowest BCUT2D eigenvalue weighted by Crippen LogP contribution is -2.13. The lowest BCUT2D eigenvalue weighted by atomic mass is 10.1. The van der Waals surface area contributed by atoms with Crippen LogP contribution in [0.1, 0.15) is 42.6 Å². The first-order valence-corrected chi connectivity index (χ1v) is 6.31. The Morgan fingerprint density at radius 2 is 2.00 bits per heavy atom. The molecule has 0 radical (unpaired) electrons. The van der Waals surface area contributed by atoms with E-state index in [0.29, 0.717) is 0 Å². The van der Waals surface area contributed by atoms with Crippen LogP contribution in [0.5, 0.6) is 0 Å². The van der Waals surface area contributed by atoms with Crippen molar-refractivity contribution in [2.24, 2.45) is 5.73 Å². The molecule has 0 atom stereocenters. The van der Waals surface area contributed by atoms with Crippen molar-refractivity contribution in [2.45, 2.75) is 32.1 Å². The van der Waals surface area contributed by atoms with E-state index in [4.69, 9.17) is 10.8 Å². The van der Waals surface area contributed by atoms with Crippen molar-refractivity contribution < 1.29 is 14.7 Å². The number of nitrogens with one attached hydrogen (secondary N) is 1. The number of aromatic nitrogens is 1. The van der Waals surface area contributed by atoms with Crippen molar-refractivity contribution in [1.29, 1.82) is 0 Å². The molecule has 1 aromatic rings. The second kappa shape index (κ2) is 8.07. The largest absolute Gasteiger partial charge is 0.481 e. The summed E-state index contributed by atoms with van der Waals surface area (Å²) in [6, 6.07) is 3.39. The molecular formula is C13H19N3O3. The zero-order chi connectivity index (χ0) is 14.1. The van der Waals surface area contributed by atoms with E-state index in [0.717, 1.165) is 37.9 Å². The Labute approximate surface area is 112 Å². The second-order valence-corrected chi connectivity index (χ2v) is 4.28. The lowest BCUT2D eigenvalue weighted by molar-refractivity contribution is -0.137. The molecule has 104 valence electrons. The highest BCUT2D eigenvalue weighted by Crippen LogP contribution is 2.09. The fourth-order valence-electron chi connectivity index (χ4n) is 1.66. The highest BCUT2D eigenvalue weighted by molar-refractivity contribution is 5.91. The number of carbonyl (C=O) groups is 2. The number of anilines is 1.